The number of amides is 1. The monoisotopic (exact) mass is 238 g/mol. The van der Waals surface area contributed by atoms with Gasteiger partial charge in [0, 0.05) is 0 Å². The van der Waals surface area contributed by atoms with E-state index in [-0.39, 0.29) is 5.95 Å². The van der Waals surface area contributed by atoms with Crippen LogP contribution < -0.4 is 10.6 Å². The average Bonchev–Trinajstić information content (AvgIpc) is 2.48. The molecule has 0 unspecified atom stereocenters. The standard InChI is InChI=1S/C6H9F3N6O/c1-15-13-5(12-14-15)11-4(16)2-10-3-6(7,8)9/h10H,2-3H2,1H3,(H,11,13,16). The minimum Gasteiger partial charge on any atom is -0.300 e. The van der Waals surface area contributed by atoms with E-state index in [1.165, 1.54) is 7.05 Å². The van der Waals surface area contributed by atoms with Gasteiger partial charge in [0.1, 0.15) is 0 Å². The first kappa shape index (κ1) is 12.4. The van der Waals surface area contributed by atoms with E-state index in [1.54, 1.807) is 0 Å². The maximum atomic E-state index is 11.7. The maximum Gasteiger partial charge on any atom is 0.401 e. The minimum absolute atomic E-state index is 0.0543. The lowest BCUT2D eigenvalue weighted by Crippen LogP contribution is -2.35. The molecule has 0 bridgehead atoms. The van der Waals surface area contributed by atoms with Crippen LogP contribution in [0.3, 0.4) is 0 Å². The molecule has 0 aliphatic rings. The molecule has 0 saturated carbocycles. The van der Waals surface area contributed by atoms with Gasteiger partial charge in [-0.1, -0.05) is 5.10 Å². The van der Waals surface area contributed by atoms with E-state index in [9.17, 15) is 18.0 Å². The number of carbonyl (C=O) groups excluding carboxylic acids is 1. The number of hydrogen-bond donors (Lipinski definition) is 2. The topological polar surface area (TPSA) is 84.7 Å². The lowest BCUT2D eigenvalue weighted by molar-refractivity contribution is -0.126. The van der Waals surface area contributed by atoms with Crippen LogP contribution in [-0.2, 0) is 11.8 Å². The molecule has 1 amide bonds. The van der Waals surface area contributed by atoms with Gasteiger partial charge in [-0.3, -0.25) is 10.1 Å². The summed E-state index contributed by atoms with van der Waals surface area (Å²) in [6.07, 6.45) is -4.34. The Balaban J connectivity index is 2.26. The summed E-state index contributed by atoms with van der Waals surface area (Å²) < 4.78 is 35.1. The molecule has 7 nitrogen and oxygen atoms in total. The average molecular weight is 238 g/mol. The highest BCUT2D eigenvalue weighted by Gasteiger charge is 2.26. The highest BCUT2D eigenvalue weighted by atomic mass is 19.4. The molecule has 0 radical (unpaired) electrons. The highest BCUT2D eigenvalue weighted by molar-refractivity contribution is 5.90. The first-order valence-corrected chi connectivity index (χ1v) is 4.18. The number of hydrogen-bond acceptors (Lipinski definition) is 5. The zero-order chi connectivity index (χ0) is 12.2. The summed E-state index contributed by atoms with van der Waals surface area (Å²) in [6, 6.07) is 0. The number of alkyl halides is 3. The predicted octanol–water partition coefficient (Wildman–Crippen LogP) is -0.700. The molecule has 10 heteroatoms. The van der Waals surface area contributed by atoms with Crippen molar-refractivity contribution in [3.8, 4) is 0 Å². The third-order valence-corrected chi connectivity index (χ3v) is 1.37. The Kier molecular flexibility index (Phi) is 3.77. The van der Waals surface area contributed by atoms with Crippen molar-refractivity contribution in [1.29, 1.82) is 0 Å². The van der Waals surface area contributed by atoms with Crippen LogP contribution >= 0.6 is 0 Å². The zero-order valence-electron chi connectivity index (χ0n) is 8.25. The molecule has 0 aliphatic heterocycles. The molecule has 1 rings (SSSR count). The summed E-state index contributed by atoms with van der Waals surface area (Å²) in [4.78, 5) is 12.2. The fourth-order valence-corrected chi connectivity index (χ4v) is 0.821. The second-order valence-electron chi connectivity index (χ2n) is 2.87. The molecule has 0 fully saturated rings. The van der Waals surface area contributed by atoms with Crippen LogP contribution in [-0.4, -0.2) is 45.4 Å². The van der Waals surface area contributed by atoms with E-state index >= 15 is 0 Å². The van der Waals surface area contributed by atoms with E-state index in [0.717, 1.165) is 4.80 Å². The van der Waals surface area contributed by atoms with E-state index in [0.29, 0.717) is 0 Å². The number of tetrazole rings is 1. The molecule has 0 atom stereocenters. The molecular weight excluding hydrogens is 229 g/mol. The van der Waals surface area contributed by atoms with Gasteiger partial charge in [-0.15, -0.1) is 5.10 Å². The summed E-state index contributed by atoms with van der Waals surface area (Å²) in [5, 5.41) is 14.6. The molecule has 16 heavy (non-hydrogen) atoms. The number of nitrogens with zero attached hydrogens (tertiary/aromatic N) is 4. The Morgan fingerprint density at radius 1 is 1.50 bits per heavy atom. The first-order valence-electron chi connectivity index (χ1n) is 4.18. The SMILES string of the molecule is Cn1nnc(NC(=O)CNCC(F)(F)F)n1. The molecule has 90 valence electrons. The lowest BCUT2D eigenvalue weighted by Gasteiger charge is -2.06. The molecule has 0 saturated heterocycles. The van der Waals surface area contributed by atoms with Gasteiger partial charge < -0.3 is 5.32 Å². The third kappa shape index (κ3) is 4.68. The quantitative estimate of drug-likeness (QED) is 0.724. The molecule has 0 spiro atoms. The van der Waals surface area contributed by atoms with Crippen molar-refractivity contribution in [3.05, 3.63) is 0 Å². The van der Waals surface area contributed by atoms with Gasteiger partial charge in [0.05, 0.1) is 20.1 Å². The Morgan fingerprint density at radius 2 is 2.19 bits per heavy atom. The predicted molar refractivity (Wildman–Crippen MR) is 46.4 cm³/mol. The molecule has 2 N–H and O–H groups in total. The van der Waals surface area contributed by atoms with Crippen molar-refractivity contribution in [1.82, 2.24) is 25.5 Å². The normalized spacial score (nSPS) is 11.5. The highest BCUT2D eigenvalue weighted by Crippen LogP contribution is 2.11. The number of nitrogens with one attached hydrogen (secondary N) is 2. The van der Waals surface area contributed by atoms with Crippen LogP contribution in [0.4, 0.5) is 19.1 Å². The van der Waals surface area contributed by atoms with Crippen LogP contribution in [0.25, 0.3) is 0 Å². The van der Waals surface area contributed by atoms with E-state index in [1.807, 2.05) is 5.32 Å². The van der Waals surface area contributed by atoms with Crippen molar-refractivity contribution >= 4 is 11.9 Å². The molecule has 0 aliphatic carbocycles. The summed E-state index contributed by atoms with van der Waals surface area (Å²) in [7, 11) is 1.49. The Labute approximate surface area is 88.0 Å². The summed E-state index contributed by atoms with van der Waals surface area (Å²) in [5.74, 6) is -0.724. The van der Waals surface area contributed by atoms with Gasteiger partial charge in [-0.05, 0) is 5.21 Å². The molecule has 1 heterocycles. The smallest absolute Gasteiger partial charge is 0.300 e. The summed E-state index contributed by atoms with van der Waals surface area (Å²) in [5.41, 5.74) is 0. The number of carbonyl (C=O) groups is 1. The van der Waals surface area contributed by atoms with E-state index in [4.69, 9.17) is 0 Å². The second-order valence-corrected chi connectivity index (χ2v) is 2.87. The number of halogens is 3. The van der Waals surface area contributed by atoms with Gasteiger partial charge in [0.2, 0.25) is 5.91 Å². The van der Waals surface area contributed by atoms with Crippen molar-refractivity contribution < 1.29 is 18.0 Å². The van der Waals surface area contributed by atoms with Crippen LogP contribution in [0.1, 0.15) is 0 Å². The van der Waals surface area contributed by atoms with Gasteiger partial charge >= 0.3 is 6.18 Å². The number of rotatable bonds is 4. The molecule has 1 aromatic rings. The van der Waals surface area contributed by atoms with Crippen molar-refractivity contribution in [2.75, 3.05) is 18.4 Å². The number of aryl methyl sites for hydroxylation is 1. The van der Waals surface area contributed by atoms with E-state index in [2.05, 4.69) is 20.7 Å². The van der Waals surface area contributed by atoms with Gasteiger partial charge in [-0.25, -0.2) is 0 Å². The van der Waals surface area contributed by atoms with Crippen LogP contribution in [0.15, 0.2) is 0 Å². The third-order valence-electron chi connectivity index (χ3n) is 1.37. The van der Waals surface area contributed by atoms with Crippen LogP contribution in [0, 0.1) is 0 Å². The largest absolute Gasteiger partial charge is 0.401 e. The summed E-state index contributed by atoms with van der Waals surface area (Å²) >= 11 is 0. The van der Waals surface area contributed by atoms with E-state index < -0.39 is 25.2 Å². The number of anilines is 1. The lowest BCUT2D eigenvalue weighted by atomic mass is 10.5. The van der Waals surface area contributed by atoms with Crippen molar-refractivity contribution in [2.24, 2.45) is 7.05 Å². The molecule has 0 aromatic carbocycles. The first-order chi connectivity index (χ1) is 7.37. The fraction of sp³-hybridized carbons (Fsp3) is 0.667. The second kappa shape index (κ2) is 4.88. The zero-order valence-corrected chi connectivity index (χ0v) is 8.25. The number of aromatic nitrogens is 4. The fourth-order valence-electron chi connectivity index (χ4n) is 0.821. The van der Waals surface area contributed by atoms with Crippen LogP contribution in [0.5, 0.6) is 0 Å². The molecule has 1 aromatic heterocycles. The van der Waals surface area contributed by atoms with Gasteiger partial charge in [0.15, 0.2) is 0 Å². The van der Waals surface area contributed by atoms with Gasteiger partial charge in [0.25, 0.3) is 5.95 Å². The Hall–Kier alpha value is -1.71. The Bertz CT molecular complexity index is 361. The van der Waals surface area contributed by atoms with Crippen molar-refractivity contribution in [2.45, 2.75) is 6.18 Å². The van der Waals surface area contributed by atoms with Crippen LogP contribution in [0.2, 0.25) is 0 Å². The summed E-state index contributed by atoms with van der Waals surface area (Å²) in [6.45, 7) is -1.70. The van der Waals surface area contributed by atoms with Crippen molar-refractivity contribution in [3.63, 3.8) is 0 Å². The Morgan fingerprint density at radius 3 is 2.69 bits per heavy atom. The molecular formula is C6H9F3N6O. The van der Waals surface area contributed by atoms with Gasteiger partial charge in [-0.2, -0.15) is 18.0 Å². The minimum atomic E-state index is -4.34. The maximum absolute atomic E-state index is 11.7.